The van der Waals surface area contributed by atoms with Gasteiger partial charge in [0.2, 0.25) is 0 Å². The molecule has 0 bridgehead atoms. The number of imide groups is 1. The van der Waals surface area contributed by atoms with E-state index in [1.54, 1.807) is 22.7 Å². The van der Waals surface area contributed by atoms with Crippen LogP contribution >= 0.6 is 22.7 Å². The van der Waals surface area contributed by atoms with E-state index >= 15 is 0 Å². The van der Waals surface area contributed by atoms with E-state index in [4.69, 9.17) is 9.72 Å². The van der Waals surface area contributed by atoms with Crippen LogP contribution in [0.4, 0.5) is 4.79 Å². The smallest absolute Gasteiger partial charge is 0.321 e. The first-order chi connectivity index (χ1) is 16.0. The van der Waals surface area contributed by atoms with Crippen LogP contribution in [-0.4, -0.2) is 36.0 Å². The maximum atomic E-state index is 13.1. The van der Waals surface area contributed by atoms with Gasteiger partial charge in [0, 0.05) is 17.8 Å². The van der Waals surface area contributed by atoms with Gasteiger partial charge in [-0.1, -0.05) is 37.5 Å². The number of urea groups is 1. The zero-order valence-corrected chi connectivity index (χ0v) is 19.9. The van der Waals surface area contributed by atoms with Gasteiger partial charge in [-0.3, -0.25) is 14.9 Å². The van der Waals surface area contributed by atoms with E-state index in [1.165, 1.54) is 0 Å². The van der Waals surface area contributed by atoms with Crippen LogP contribution < -0.4 is 10.6 Å². The Morgan fingerprint density at radius 3 is 2.64 bits per heavy atom. The van der Waals surface area contributed by atoms with Crippen molar-refractivity contribution in [2.75, 3.05) is 13.2 Å². The van der Waals surface area contributed by atoms with Crippen molar-refractivity contribution in [3.63, 3.8) is 0 Å². The number of para-hydroxylation sites is 1. The first-order valence-corrected chi connectivity index (χ1v) is 12.9. The Kier molecular flexibility index (Phi) is 7.72. The van der Waals surface area contributed by atoms with Gasteiger partial charge in [-0.05, 0) is 42.8 Å². The number of carbonyl (C=O) groups excluding carboxylic acids is 3. The van der Waals surface area contributed by atoms with E-state index in [1.807, 2.05) is 41.8 Å². The number of benzene rings is 1. The van der Waals surface area contributed by atoms with Crippen LogP contribution in [0.3, 0.4) is 0 Å². The second-order valence-electron chi connectivity index (χ2n) is 8.30. The predicted molar refractivity (Wildman–Crippen MR) is 129 cm³/mol. The zero-order chi connectivity index (χ0) is 23.1. The van der Waals surface area contributed by atoms with Crippen molar-refractivity contribution in [2.45, 2.75) is 44.9 Å². The molecule has 0 saturated heterocycles. The predicted octanol–water partition coefficient (Wildman–Crippen LogP) is 4.46. The van der Waals surface area contributed by atoms with Gasteiger partial charge in [-0.25, -0.2) is 9.78 Å². The summed E-state index contributed by atoms with van der Waals surface area (Å²) >= 11 is 3.21. The summed E-state index contributed by atoms with van der Waals surface area (Å²) in [6.45, 7) is -0.0521. The van der Waals surface area contributed by atoms with Crippen LogP contribution in [-0.2, 0) is 27.2 Å². The third-order valence-corrected chi connectivity index (χ3v) is 7.87. The van der Waals surface area contributed by atoms with Gasteiger partial charge in [-0.2, -0.15) is 0 Å². The minimum atomic E-state index is -0.671. The van der Waals surface area contributed by atoms with Crippen LogP contribution in [0.15, 0.2) is 41.8 Å². The highest BCUT2D eigenvalue weighted by Gasteiger charge is 2.42. The number of hydrogen-bond donors (Lipinski definition) is 2. The molecule has 1 saturated carbocycles. The molecule has 9 heteroatoms. The molecule has 1 aliphatic rings. The van der Waals surface area contributed by atoms with E-state index in [2.05, 4.69) is 10.6 Å². The molecule has 0 atom stereocenters. The molecular weight excluding hydrogens is 458 g/mol. The zero-order valence-electron chi connectivity index (χ0n) is 18.3. The lowest BCUT2D eigenvalue weighted by atomic mass is 9.72. The number of fused-ring (bicyclic) bond motifs is 1. The van der Waals surface area contributed by atoms with Crippen LogP contribution in [0.25, 0.3) is 10.2 Å². The Morgan fingerprint density at radius 2 is 1.88 bits per heavy atom. The van der Waals surface area contributed by atoms with Crippen LogP contribution in [0.1, 0.15) is 42.0 Å². The molecule has 33 heavy (non-hydrogen) atoms. The maximum Gasteiger partial charge on any atom is 0.321 e. The number of nitrogens with zero attached hydrogens (tertiary/aromatic N) is 1. The third kappa shape index (κ3) is 6.17. The number of esters is 1. The summed E-state index contributed by atoms with van der Waals surface area (Å²) in [5.74, 6) is -1.02. The molecule has 3 amide bonds. The Morgan fingerprint density at radius 1 is 1.06 bits per heavy atom. The molecule has 2 N–H and O–H groups in total. The molecule has 0 unspecified atom stereocenters. The molecule has 1 fully saturated rings. The quantitative estimate of drug-likeness (QED) is 0.459. The summed E-state index contributed by atoms with van der Waals surface area (Å²) in [4.78, 5) is 43.0. The Labute approximate surface area is 200 Å². The molecule has 7 nitrogen and oxygen atoms in total. The monoisotopic (exact) mass is 485 g/mol. The SMILES string of the molecule is O=C(COC(=O)C1(Cc2nc3ccccc3s2)CCCCC1)NC(=O)NCCc1cccs1. The first-order valence-electron chi connectivity index (χ1n) is 11.2. The summed E-state index contributed by atoms with van der Waals surface area (Å²) in [5.41, 5.74) is 0.260. The molecule has 1 aromatic carbocycles. The summed E-state index contributed by atoms with van der Waals surface area (Å²) in [5, 5.41) is 7.75. The number of hydrogen-bond acceptors (Lipinski definition) is 7. The van der Waals surface area contributed by atoms with Crippen LogP contribution in [0.5, 0.6) is 0 Å². The number of amides is 3. The van der Waals surface area contributed by atoms with Crippen molar-refractivity contribution in [3.05, 3.63) is 51.7 Å². The molecule has 3 aromatic rings. The summed E-state index contributed by atoms with van der Waals surface area (Å²) in [7, 11) is 0. The number of rotatable bonds is 8. The lowest BCUT2D eigenvalue weighted by Crippen LogP contribution is -2.43. The lowest BCUT2D eigenvalue weighted by molar-refractivity contribution is -0.161. The number of ether oxygens (including phenoxy) is 1. The fourth-order valence-corrected chi connectivity index (χ4v) is 6.03. The lowest BCUT2D eigenvalue weighted by Gasteiger charge is -2.34. The third-order valence-electron chi connectivity index (χ3n) is 5.90. The van der Waals surface area contributed by atoms with E-state index < -0.39 is 24.0 Å². The average molecular weight is 486 g/mol. The first kappa shape index (κ1) is 23.4. The standard InChI is InChI=1S/C24H27N3O4S2/c28-20(27-23(30)25-13-10-17-7-6-14-32-17)16-31-22(29)24(11-4-1-5-12-24)15-21-26-18-8-2-3-9-19(18)33-21/h2-3,6-9,14H,1,4-5,10-13,15-16H2,(H2,25,27,28,30). The molecule has 174 valence electrons. The Balaban J connectivity index is 1.29. The molecular formula is C24H27N3O4S2. The van der Waals surface area contributed by atoms with Gasteiger partial charge in [0.15, 0.2) is 6.61 Å². The molecule has 2 aromatic heterocycles. The van der Waals surface area contributed by atoms with Gasteiger partial charge in [0.05, 0.1) is 20.6 Å². The van der Waals surface area contributed by atoms with Crippen LogP contribution in [0.2, 0.25) is 0 Å². The highest BCUT2D eigenvalue weighted by molar-refractivity contribution is 7.18. The molecule has 0 spiro atoms. The fraction of sp³-hybridized carbons (Fsp3) is 0.417. The highest BCUT2D eigenvalue weighted by Crippen LogP contribution is 2.41. The van der Waals surface area contributed by atoms with Gasteiger partial charge >= 0.3 is 12.0 Å². The number of nitrogens with one attached hydrogen (secondary N) is 2. The van der Waals surface area contributed by atoms with E-state index in [0.717, 1.165) is 39.4 Å². The van der Waals surface area contributed by atoms with Crippen LogP contribution in [0, 0.1) is 5.41 Å². The van der Waals surface area contributed by atoms with Crippen molar-refractivity contribution in [2.24, 2.45) is 5.41 Å². The number of carbonyl (C=O) groups is 3. The minimum Gasteiger partial charge on any atom is -0.455 e. The topological polar surface area (TPSA) is 97.4 Å². The van der Waals surface area contributed by atoms with Gasteiger partial charge in [-0.15, -0.1) is 22.7 Å². The molecule has 0 radical (unpaired) electrons. The molecule has 1 aliphatic carbocycles. The van der Waals surface area contributed by atoms with Gasteiger partial charge in [0.25, 0.3) is 5.91 Å². The molecule has 2 heterocycles. The minimum absolute atomic E-state index is 0.380. The van der Waals surface area contributed by atoms with E-state index in [9.17, 15) is 14.4 Å². The van der Waals surface area contributed by atoms with Crippen molar-refractivity contribution in [1.82, 2.24) is 15.6 Å². The van der Waals surface area contributed by atoms with Crippen molar-refractivity contribution >= 4 is 50.8 Å². The summed E-state index contributed by atoms with van der Waals surface area (Å²) in [6.07, 6.45) is 5.61. The van der Waals surface area contributed by atoms with Crippen molar-refractivity contribution in [1.29, 1.82) is 0 Å². The second kappa shape index (κ2) is 10.9. The summed E-state index contributed by atoms with van der Waals surface area (Å²) in [6, 6.07) is 11.3. The van der Waals surface area contributed by atoms with Crippen molar-refractivity contribution in [3.8, 4) is 0 Å². The largest absolute Gasteiger partial charge is 0.455 e. The summed E-state index contributed by atoms with van der Waals surface area (Å²) < 4.78 is 6.50. The number of thiophene rings is 1. The normalized spacial score (nSPS) is 15.2. The Bertz CT molecular complexity index is 1070. The van der Waals surface area contributed by atoms with E-state index in [0.29, 0.717) is 32.2 Å². The van der Waals surface area contributed by atoms with E-state index in [-0.39, 0.29) is 5.97 Å². The average Bonchev–Trinajstić information content (AvgIpc) is 3.47. The van der Waals surface area contributed by atoms with Crippen molar-refractivity contribution < 1.29 is 19.1 Å². The van der Waals surface area contributed by atoms with Gasteiger partial charge in [0.1, 0.15) is 0 Å². The number of aromatic nitrogens is 1. The molecule has 0 aliphatic heterocycles. The van der Waals surface area contributed by atoms with Gasteiger partial charge < -0.3 is 10.1 Å². The fourth-order valence-electron chi connectivity index (χ4n) is 4.21. The molecule has 4 rings (SSSR count). The highest BCUT2D eigenvalue weighted by atomic mass is 32.1. The Hall–Kier alpha value is -2.78. The maximum absolute atomic E-state index is 13.1. The second-order valence-corrected chi connectivity index (χ2v) is 10.5. The number of thiazole rings is 1.